The molecule has 0 unspecified atom stereocenters. The van der Waals surface area contributed by atoms with Crippen molar-refractivity contribution in [2.45, 2.75) is 6.54 Å². The van der Waals surface area contributed by atoms with Crippen molar-refractivity contribution < 1.29 is 13.9 Å². The molecule has 0 aliphatic rings. The number of hydrogen-bond donors (Lipinski definition) is 1. The highest BCUT2D eigenvalue weighted by molar-refractivity contribution is 6.30. The maximum Gasteiger partial charge on any atom is 0.145 e. The Balaban J connectivity index is 2.33. The van der Waals surface area contributed by atoms with E-state index < -0.39 is 5.82 Å². The Bertz CT molecular complexity index is 590. The van der Waals surface area contributed by atoms with Crippen LogP contribution in [0.2, 0.25) is 5.02 Å². The van der Waals surface area contributed by atoms with Crippen molar-refractivity contribution in [2.75, 3.05) is 7.11 Å². The minimum absolute atomic E-state index is 0.0528. The van der Waals surface area contributed by atoms with Crippen LogP contribution in [0, 0.1) is 5.82 Å². The van der Waals surface area contributed by atoms with E-state index in [1.807, 2.05) is 0 Å². The van der Waals surface area contributed by atoms with E-state index in [0.717, 1.165) is 5.56 Å². The fraction of sp³-hybridized carbons (Fsp3) is 0.143. The molecule has 3 nitrogen and oxygen atoms in total. The van der Waals surface area contributed by atoms with Crippen LogP contribution >= 0.6 is 11.6 Å². The molecule has 2 N–H and O–H groups in total. The fourth-order valence-electron chi connectivity index (χ4n) is 1.59. The van der Waals surface area contributed by atoms with Crippen molar-refractivity contribution in [2.24, 2.45) is 5.73 Å². The monoisotopic (exact) mass is 281 g/mol. The van der Waals surface area contributed by atoms with Gasteiger partial charge < -0.3 is 15.2 Å². The van der Waals surface area contributed by atoms with Crippen LogP contribution in [0.1, 0.15) is 5.56 Å². The Morgan fingerprint density at radius 3 is 2.53 bits per heavy atom. The van der Waals surface area contributed by atoms with E-state index in [-0.39, 0.29) is 5.02 Å². The number of methoxy groups -OCH3 is 1. The zero-order valence-electron chi connectivity index (χ0n) is 10.3. The third-order valence-electron chi connectivity index (χ3n) is 2.61. The Morgan fingerprint density at radius 1 is 1.16 bits per heavy atom. The lowest BCUT2D eigenvalue weighted by molar-refractivity contribution is 0.407. The van der Waals surface area contributed by atoms with Gasteiger partial charge in [-0.25, -0.2) is 4.39 Å². The summed E-state index contributed by atoms with van der Waals surface area (Å²) in [5.41, 5.74) is 6.44. The number of nitrogens with two attached hydrogens (primary N) is 1. The molecule has 0 radical (unpaired) electrons. The fourth-order valence-corrected chi connectivity index (χ4v) is 1.71. The molecular weight excluding hydrogens is 269 g/mol. The van der Waals surface area contributed by atoms with E-state index in [1.165, 1.54) is 12.1 Å². The molecule has 0 aliphatic carbocycles. The molecule has 2 aromatic carbocycles. The maximum atomic E-state index is 13.3. The van der Waals surface area contributed by atoms with Crippen LogP contribution < -0.4 is 15.2 Å². The van der Waals surface area contributed by atoms with Crippen molar-refractivity contribution in [1.82, 2.24) is 0 Å². The predicted octanol–water partition coefficient (Wildman–Crippen LogP) is 3.74. The first-order valence-corrected chi connectivity index (χ1v) is 6.01. The normalized spacial score (nSPS) is 10.3. The highest BCUT2D eigenvalue weighted by Gasteiger charge is 2.08. The molecule has 2 rings (SSSR count). The summed E-state index contributed by atoms with van der Waals surface area (Å²) < 4.78 is 24.1. The first kappa shape index (κ1) is 13.6. The van der Waals surface area contributed by atoms with Gasteiger partial charge in [-0.2, -0.15) is 0 Å². The van der Waals surface area contributed by atoms with Crippen LogP contribution in [0.15, 0.2) is 36.4 Å². The molecule has 100 valence electrons. The number of rotatable bonds is 4. The second-order valence-corrected chi connectivity index (χ2v) is 4.26. The zero-order chi connectivity index (χ0) is 13.8. The Hall–Kier alpha value is -1.78. The van der Waals surface area contributed by atoms with Crippen LogP contribution in [0.5, 0.6) is 17.2 Å². The third-order valence-corrected chi connectivity index (χ3v) is 2.92. The van der Waals surface area contributed by atoms with Crippen LogP contribution in [-0.4, -0.2) is 7.11 Å². The second kappa shape index (κ2) is 5.91. The van der Waals surface area contributed by atoms with Gasteiger partial charge in [0.25, 0.3) is 0 Å². The second-order valence-electron chi connectivity index (χ2n) is 3.86. The molecule has 0 amide bonds. The molecule has 0 fully saturated rings. The van der Waals surface area contributed by atoms with Crippen LogP contribution in [0.3, 0.4) is 0 Å². The van der Waals surface area contributed by atoms with Crippen LogP contribution in [-0.2, 0) is 6.54 Å². The van der Waals surface area contributed by atoms with Gasteiger partial charge in [-0.05, 0) is 18.2 Å². The van der Waals surface area contributed by atoms with Crippen LogP contribution in [0.25, 0.3) is 0 Å². The molecule has 2 aromatic rings. The number of ether oxygens (including phenoxy) is 2. The smallest absolute Gasteiger partial charge is 0.145 e. The summed E-state index contributed by atoms with van der Waals surface area (Å²) in [5.74, 6) is 0.992. The summed E-state index contributed by atoms with van der Waals surface area (Å²) in [4.78, 5) is 0. The largest absolute Gasteiger partial charge is 0.497 e. The van der Waals surface area contributed by atoms with Gasteiger partial charge in [-0.1, -0.05) is 17.7 Å². The molecule has 0 bridgehead atoms. The molecule has 0 aromatic heterocycles. The van der Waals surface area contributed by atoms with Crippen molar-refractivity contribution >= 4 is 11.6 Å². The standard InChI is InChI=1S/C14H13ClFNO2/c1-18-10-3-2-9(8-17)14(7-10)19-11-4-5-12(15)13(16)6-11/h2-7H,8,17H2,1H3. The predicted molar refractivity (Wildman–Crippen MR) is 72.4 cm³/mol. The molecular formula is C14H13ClFNO2. The minimum Gasteiger partial charge on any atom is -0.497 e. The zero-order valence-corrected chi connectivity index (χ0v) is 11.1. The summed E-state index contributed by atoms with van der Waals surface area (Å²) in [5, 5.41) is 0.0528. The van der Waals surface area contributed by atoms with Gasteiger partial charge in [0, 0.05) is 24.2 Å². The molecule has 19 heavy (non-hydrogen) atoms. The average molecular weight is 282 g/mol. The molecule has 0 atom stereocenters. The van der Waals surface area contributed by atoms with Gasteiger partial charge in [0.2, 0.25) is 0 Å². The molecule has 0 saturated carbocycles. The molecule has 0 spiro atoms. The Kier molecular flexibility index (Phi) is 4.24. The van der Waals surface area contributed by atoms with E-state index in [9.17, 15) is 4.39 Å². The average Bonchev–Trinajstić information content (AvgIpc) is 2.43. The maximum absolute atomic E-state index is 13.3. The number of hydrogen-bond acceptors (Lipinski definition) is 3. The van der Waals surface area contributed by atoms with E-state index in [4.69, 9.17) is 26.8 Å². The van der Waals surface area contributed by atoms with Gasteiger partial charge >= 0.3 is 0 Å². The van der Waals surface area contributed by atoms with Gasteiger partial charge in [0.1, 0.15) is 23.1 Å². The molecule has 0 heterocycles. The summed E-state index contributed by atoms with van der Waals surface area (Å²) in [6.07, 6.45) is 0. The van der Waals surface area contributed by atoms with E-state index >= 15 is 0 Å². The quantitative estimate of drug-likeness (QED) is 0.928. The van der Waals surface area contributed by atoms with E-state index in [2.05, 4.69) is 0 Å². The lowest BCUT2D eigenvalue weighted by Crippen LogP contribution is -2.00. The number of benzene rings is 2. The Labute approximate surface area is 115 Å². The lowest BCUT2D eigenvalue weighted by atomic mass is 10.2. The summed E-state index contributed by atoms with van der Waals surface area (Å²) in [7, 11) is 1.56. The molecule has 5 heteroatoms. The number of halogens is 2. The van der Waals surface area contributed by atoms with E-state index in [1.54, 1.807) is 31.4 Å². The van der Waals surface area contributed by atoms with Crippen molar-refractivity contribution in [1.29, 1.82) is 0 Å². The van der Waals surface area contributed by atoms with Crippen LogP contribution in [0.4, 0.5) is 4.39 Å². The van der Waals surface area contributed by atoms with Gasteiger partial charge in [0.05, 0.1) is 12.1 Å². The van der Waals surface area contributed by atoms with Gasteiger partial charge in [-0.3, -0.25) is 0 Å². The van der Waals surface area contributed by atoms with Crippen molar-refractivity contribution in [3.05, 3.63) is 52.8 Å². The van der Waals surface area contributed by atoms with E-state index in [0.29, 0.717) is 23.8 Å². The van der Waals surface area contributed by atoms with Crippen molar-refractivity contribution in [3.63, 3.8) is 0 Å². The highest BCUT2D eigenvalue weighted by atomic mass is 35.5. The SMILES string of the molecule is COc1ccc(CN)c(Oc2ccc(Cl)c(F)c2)c1. The molecule has 0 saturated heterocycles. The summed E-state index contributed by atoms with van der Waals surface area (Å²) >= 11 is 5.62. The van der Waals surface area contributed by atoms with Crippen molar-refractivity contribution in [3.8, 4) is 17.2 Å². The first-order valence-electron chi connectivity index (χ1n) is 5.64. The minimum atomic E-state index is -0.531. The lowest BCUT2D eigenvalue weighted by Gasteiger charge is -2.12. The molecule has 0 aliphatic heterocycles. The first-order chi connectivity index (χ1) is 9.13. The van der Waals surface area contributed by atoms with Gasteiger partial charge in [0.15, 0.2) is 0 Å². The summed E-state index contributed by atoms with van der Waals surface area (Å²) in [6, 6.07) is 9.55. The summed E-state index contributed by atoms with van der Waals surface area (Å²) in [6.45, 7) is 0.315. The Morgan fingerprint density at radius 2 is 1.89 bits per heavy atom. The van der Waals surface area contributed by atoms with Gasteiger partial charge in [-0.15, -0.1) is 0 Å². The topological polar surface area (TPSA) is 44.5 Å². The third kappa shape index (κ3) is 3.16. The highest BCUT2D eigenvalue weighted by Crippen LogP contribution is 2.30.